The number of nitriles is 2. The van der Waals surface area contributed by atoms with E-state index in [0.717, 1.165) is 69.6 Å². The monoisotopic (exact) mass is 575 g/mol. The maximum atomic E-state index is 10.1. The van der Waals surface area contributed by atoms with E-state index in [-0.39, 0.29) is 16.4 Å². The lowest BCUT2D eigenvalue weighted by Crippen LogP contribution is -2.30. The van der Waals surface area contributed by atoms with Crippen molar-refractivity contribution >= 4 is 17.1 Å². The number of likely N-dealkylation sites (N-methyl/N-ethyl adjacent to an activating group) is 1. The van der Waals surface area contributed by atoms with E-state index in [4.69, 9.17) is 14.2 Å². The van der Waals surface area contributed by atoms with E-state index < -0.39 is 0 Å². The van der Waals surface area contributed by atoms with Crippen LogP contribution in [0.25, 0.3) is 0 Å². The lowest BCUT2D eigenvalue weighted by molar-refractivity contribution is -0.433. The van der Waals surface area contributed by atoms with Crippen LogP contribution in [-0.4, -0.2) is 44.7 Å². The predicted octanol–water partition coefficient (Wildman–Crippen LogP) is 6.99. The Bertz CT molecular complexity index is 1750. The second-order valence-electron chi connectivity index (χ2n) is 11.9. The molecule has 7 heteroatoms. The Balaban J connectivity index is 1.73. The summed E-state index contributed by atoms with van der Waals surface area (Å²) in [5.41, 5.74) is 8.20. The van der Waals surface area contributed by atoms with Crippen LogP contribution >= 0.6 is 0 Å². The highest BCUT2D eigenvalue weighted by Gasteiger charge is 2.47. The van der Waals surface area contributed by atoms with Crippen LogP contribution in [0.2, 0.25) is 0 Å². The average Bonchev–Trinajstić information content (AvgIpc) is 3.35. The van der Waals surface area contributed by atoms with Gasteiger partial charge in [-0.05, 0) is 69.7 Å². The topological polar surface area (TPSA) is 81.5 Å². The van der Waals surface area contributed by atoms with Gasteiger partial charge in [0.2, 0.25) is 5.69 Å². The molecular weight excluding hydrogens is 536 g/mol. The molecule has 0 atom stereocenters. The van der Waals surface area contributed by atoms with Gasteiger partial charge in [0.15, 0.2) is 5.71 Å². The van der Waals surface area contributed by atoms with E-state index in [2.05, 4.69) is 99.6 Å². The lowest BCUT2D eigenvalue weighted by atomic mass is 9.74. The zero-order valence-corrected chi connectivity index (χ0v) is 26.5. The van der Waals surface area contributed by atoms with Crippen molar-refractivity contribution in [3.63, 3.8) is 0 Å². The number of fused-ring (bicyclic) bond motifs is 2. The van der Waals surface area contributed by atoms with Crippen LogP contribution < -0.4 is 14.4 Å². The van der Waals surface area contributed by atoms with Crippen molar-refractivity contribution < 1.29 is 18.8 Å². The summed E-state index contributed by atoms with van der Waals surface area (Å²) in [4.78, 5) is 2.28. The Kier molecular flexibility index (Phi) is 7.48. The Hall–Kier alpha value is -4.75. The van der Waals surface area contributed by atoms with Gasteiger partial charge < -0.3 is 19.1 Å². The van der Waals surface area contributed by atoms with Crippen molar-refractivity contribution in [1.29, 1.82) is 10.5 Å². The van der Waals surface area contributed by atoms with E-state index in [1.807, 2.05) is 12.1 Å². The molecule has 2 aromatic carbocycles. The smallest absolute Gasteiger partial charge is 0.210 e. The third-order valence-corrected chi connectivity index (χ3v) is 9.10. The number of benzene rings is 2. The summed E-state index contributed by atoms with van der Waals surface area (Å²) in [6.07, 6.45) is 4.19. The highest BCUT2D eigenvalue weighted by atomic mass is 16.5. The van der Waals surface area contributed by atoms with E-state index in [0.29, 0.717) is 11.3 Å². The molecule has 2 aromatic rings. The van der Waals surface area contributed by atoms with Crippen LogP contribution in [-0.2, 0) is 15.6 Å². The molecule has 0 fully saturated rings. The fraction of sp³-hybridized carbons (Fsp3) is 0.361. The second-order valence-corrected chi connectivity index (χ2v) is 11.9. The van der Waals surface area contributed by atoms with Gasteiger partial charge in [-0.15, -0.1) is 0 Å². The average molecular weight is 576 g/mol. The van der Waals surface area contributed by atoms with Gasteiger partial charge in [0.1, 0.15) is 41.5 Å². The molecule has 5 rings (SSSR count). The number of hydrogen-bond acceptors (Lipinski definition) is 6. The molecule has 1 aliphatic carbocycles. The first-order valence-electron chi connectivity index (χ1n) is 14.6. The van der Waals surface area contributed by atoms with Gasteiger partial charge in [0.25, 0.3) is 0 Å². The molecule has 0 unspecified atom stereocenters. The van der Waals surface area contributed by atoms with Crippen LogP contribution in [0.3, 0.4) is 0 Å². The SMILES string of the molecule is CCN1/C(=C\C2=C(OC)C(=C\C3=[N+](CC)c4ccc(OC)cc4C3(C)C)/C2=C(C#N)C#N)C(C)(C)c2cc(OC)ccc21. The standard InChI is InChI=1S/C36H39N4O3/c1-10-39-29-14-12-23(41-7)16-27(29)35(3,4)31(39)18-25-33(22(20-37)21-38)26(34(25)43-9)19-32-36(5,6)28-17-24(42-8)13-15-30(28)40(32)11-2/h12-19H,10-11H2,1-9H3/q+1. The summed E-state index contributed by atoms with van der Waals surface area (Å²) in [6, 6.07) is 16.6. The van der Waals surface area contributed by atoms with Crippen molar-refractivity contribution in [2.75, 3.05) is 39.3 Å². The number of nitrogens with zero attached hydrogens (tertiary/aromatic N) is 4. The fourth-order valence-electron chi connectivity index (χ4n) is 6.79. The molecule has 7 nitrogen and oxygen atoms in total. The Labute approximate surface area is 254 Å². The first-order valence-corrected chi connectivity index (χ1v) is 14.6. The molecular formula is C36H39N4O3+. The predicted molar refractivity (Wildman–Crippen MR) is 169 cm³/mol. The van der Waals surface area contributed by atoms with E-state index >= 15 is 0 Å². The van der Waals surface area contributed by atoms with Crippen molar-refractivity contribution in [2.45, 2.75) is 52.4 Å². The third-order valence-electron chi connectivity index (χ3n) is 9.10. The maximum absolute atomic E-state index is 10.1. The maximum Gasteiger partial charge on any atom is 0.210 e. The van der Waals surface area contributed by atoms with Gasteiger partial charge >= 0.3 is 0 Å². The molecule has 0 spiro atoms. The van der Waals surface area contributed by atoms with E-state index in [1.54, 1.807) is 21.3 Å². The molecule has 2 heterocycles. The van der Waals surface area contributed by atoms with Crippen LogP contribution in [0, 0.1) is 22.7 Å². The molecule has 0 saturated heterocycles. The molecule has 0 bridgehead atoms. The quantitative estimate of drug-likeness (QED) is 0.262. The van der Waals surface area contributed by atoms with Gasteiger partial charge in [-0.3, -0.25) is 0 Å². The molecule has 0 amide bonds. The zero-order chi connectivity index (χ0) is 31.3. The van der Waals surface area contributed by atoms with Crippen LogP contribution in [0.4, 0.5) is 11.4 Å². The molecule has 0 aromatic heterocycles. The van der Waals surface area contributed by atoms with Crippen molar-refractivity contribution in [3.8, 4) is 23.6 Å². The lowest BCUT2D eigenvalue weighted by Gasteiger charge is -2.32. The molecule has 0 radical (unpaired) electrons. The highest BCUT2D eigenvalue weighted by molar-refractivity contribution is 6.05. The minimum absolute atomic E-state index is 0.0653. The molecule has 220 valence electrons. The first-order chi connectivity index (χ1) is 20.5. The first kappa shape index (κ1) is 29.7. The molecule has 0 saturated carbocycles. The zero-order valence-electron chi connectivity index (χ0n) is 26.5. The summed E-state index contributed by atoms with van der Waals surface area (Å²) < 4.78 is 19.4. The van der Waals surface area contributed by atoms with Crippen molar-refractivity contribution in [1.82, 2.24) is 0 Å². The Morgan fingerprint density at radius 3 is 2.05 bits per heavy atom. The molecule has 2 aliphatic heterocycles. The van der Waals surface area contributed by atoms with Crippen LogP contribution in [0.1, 0.15) is 52.7 Å². The van der Waals surface area contributed by atoms with Crippen molar-refractivity contribution in [2.24, 2.45) is 0 Å². The molecule has 43 heavy (non-hydrogen) atoms. The summed E-state index contributed by atoms with van der Waals surface area (Å²) in [5, 5.41) is 20.2. The fourth-order valence-corrected chi connectivity index (χ4v) is 6.79. The number of hydrogen-bond donors (Lipinski definition) is 0. The number of allylic oxidation sites excluding steroid dienone is 6. The van der Waals surface area contributed by atoms with Gasteiger partial charge in [-0.25, -0.2) is 0 Å². The van der Waals surface area contributed by atoms with Crippen LogP contribution in [0.15, 0.2) is 82.3 Å². The molecule has 0 N–H and O–H groups in total. The summed E-state index contributed by atoms with van der Waals surface area (Å²) >= 11 is 0. The van der Waals surface area contributed by atoms with E-state index in [9.17, 15) is 10.5 Å². The van der Waals surface area contributed by atoms with Gasteiger partial charge in [-0.2, -0.15) is 15.1 Å². The minimum Gasteiger partial charge on any atom is -0.497 e. The van der Waals surface area contributed by atoms with Gasteiger partial charge in [0, 0.05) is 57.8 Å². The summed E-state index contributed by atoms with van der Waals surface area (Å²) in [7, 11) is 5.00. The van der Waals surface area contributed by atoms with Crippen molar-refractivity contribution in [3.05, 3.63) is 93.4 Å². The largest absolute Gasteiger partial charge is 0.497 e. The minimum atomic E-state index is -0.350. The number of rotatable bonds is 7. The number of anilines is 1. The number of ether oxygens (including phenoxy) is 3. The van der Waals surface area contributed by atoms with E-state index in [1.165, 1.54) is 0 Å². The van der Waals surface area contributed by atoms with Gasteiger partial charge in [0.05, 0.1) is 26.7 Å². The Morgan fingerprint density at radius 1 is 0.860 bits per heavy atom. The molecule has 3 aliphatic rings. The summed E-state index contributed by atoms with van der Waals surface area (Å²) in [5.74, 6) is 2.28. The van der Waals surface area contributed by atoms with Crippen LogP contribution in [0.5, 0.6) is 11.5 Å². The Morgan fingerprint density at radius 2 is 1.49 bits per heavy atom. The third kappa shape index (κ3) is 4.34. The van der Waals surface area contributed by atoms with Gasteiger partial charge in [-0.1, -0.05) is 13.8 Å². The summed E-state index contributed by atoms with van der Waals surface area (Å²) in [6.45, 7) is 14.5. The highest BCUT2D eigenvalue weighted by Crippen LogP contribution is 2.52. The normalized spacial score (nSPS) is 19.6. The number of methoxy groups -OCH3 is 3. The second kappa shape index (κ2) is 10.8.